The van der Waals surface area contributed by atoms with Gasteiger partial charge in [-0.25, -0.2) is 12.8 Å². The molecule has 2 heterocycles. The van der Waals surface area contributed by atoms with E-state index in [1.807, 2.05) is 6.07 Å². The molecule has 0 aliphatic carbocycles. The van der Waals surface area contributed by atoms with Crippen molar-refractivity contribution in [3.05, 3.63) is 64.9 Å². The van der Waals surface area contributed by atoms with Crippen molar-refractivity contribution in [2.24, 2.45) is 4.99 Å². The molecule has 0 saturated carbocycles. The average Bonchev–Trinajstić information content (AvgIpc) is 3.07. The van der Waals surface area contributed by atoms with Gasteiger partial charge in [-0.05, 0) is 35.9 Å². The van der Waals surface area contributed by atoms with Gasteiger partial charge in [0, 0.05) is 16.0 Å². The third kappa shape index (κ3) is 4.09. The van der Waals surface area contributed by atoms with E-state index in [1.54, 1.807) is 35.2 Å². The van der Waals surface area contributed by atoms with Gasteiger partial charge in [-0.15, -0.1) is 0 Å². The van der Waals surface area contributed by atoms with Crippen molar-refractivity contribution in [3.63, 3.8) is 0 Å². The van der Waals surface area contributed by atoms with Crippen molar-refractivity contribution in [2.75, 3.05) is 16.4 Å². The number of benzene rings is 2. The van der Waals surface area contributed by atoms with Gasteiger partial charge >= 0.3 is 0 Å². The van der Waals surface area contributed by atoms with Crippen LogP contribution >= 0.6 is 23.4 Å². The van der Waals surface area contributed by atoms with E-state index >= 15 is 0 Å². The number of carbonyl (C=O) groups is 1. The van der Waals surface area contributed by atoms with Gasteiger partial charge in [-0.1, -0.05) is 41.6 Å². The van der Waals surface area contributed by atoms with E-state index in [0.29, 0.717) is 21.4 Å². The van der Waals surface area contributed by atoms with Crippen LogP contribution in [0.2, 0.25) is 5.02 Å². The van der Waals surface area contributed by atoms with Crippen LogP contribution in [0.1, 0.15) is 5.56 Å². The van der Waals surface area contributed by atoms with Crippen LogP contribution in [0.4, 0.5) is 10.1 Å². The molecule has 4 rings (SSSR count). The van der Waals surface area contributed by atoms with Crippen LogP contribution in [0.25, 0.3) is 0 Å². The number of fused-ring (bicyclic) bond motifs is 1. The smallest absolute Gasteiger partial charge is 0.252 e. The minimum atomic E-state index is -3.13. The fourth-order valence-corrected chi connectivity index (χ4v) is 7.53. The molecule has 0 spiro atoms. The van der Waals surface area contributed by atoms with Crippen LogP contribution in [-0.4, -0.2) is 42.3 Å². The molecule has 0 radical (unpaired) electrons. The lowest BCUT2D eigenvalue weighted by molar-refractivity contribution is -0.117. The molecule has 2 aliphatic rings. The normalized spacial score (nSPS) is 24.5. The quantitative estimate of drug-likeness (QED) is 0.735. The molecular formula is C19H16ClFN2O3S2. The Labute approximate surface area is 171 Å². The van der Waals surface area contributed by atoms with Crippen LogP contribution in [0.15, 0.2) is 53.5 Å². The van der Waals surface area contributed by atoms with Crippen molar-refractivity contribution in [1.29, 1.82) is 0 Å². The van der Waals surface area contributed by atoms with Gasteiger partial charge in [0.05, 0.1) is 24.0 Å². The fraction of sp³-hybridized carbons (Fsp3) is 0.263. The van der Waals surface area contributed by atoms with E-state index < -0.39 is 9.84 Å². The summed E-state index contributed by atoms with van der Waals surface area (Å²) in [4.78, 5) is 18.5. The van der Waals surface area contributed by atoms with Gasteiger partial charge in [0.2, 0.25) is 0 Å². The topological polar surface area (TPSA) is 66.8 Å². The Balaban J connectivity index is 1.63. The Morgan fingerprint density at radius 1 is 1.21 bits per heavy atom. The highest BCUT2D eigenvalue weighted by molar-refractivity contribution is 8.16. The molecule has 0 N–H and O–H groups in total. The number of amides is 1. The second-order valence-electron chi connectivity index (χ2n) is 6.74. The molecule has 146 valence electrons. The highest BCUT2D eigenvalue weighted by Gasteiger charge is 2.49. The molecule has 2 atom stereocenters. The fourth-order valence-electron chi connectivity index (χ4n) is 3.42. The Morgan fingerprint density at radius 3 is 2.68 bits per heavy atom. The molecule has 2 saturated heterocycles. The van der Waals surface area contributed by atoms with Crippen molar-refractivity contribution >= 4 is 50.0 Å². The number of rotatable bonds is 3. The first-order valence-electron chi connectivity index (χ1n) is 8.58. The summed E-state index contributed by atoms with van der Waals surface area (Å²) >= 11 is 7.41. The molecular weight excluding hydrogens is 423 g/mol. The minimum absolute atomic E-state index is 0.0162. The molecule has 5 nitrogen and oxygen atoms in total. The first-order chi connectivity index (χ1) is 13.3. The molecule has 1 amide bonds. The summed E-state index contributed by atoms with van der Waals surface area (Å²) in [6.07, 6.45) is 0.0430. The predicted molar refractivity (Wildman–Crippen MR) is 110 cm³/mol. The number of amidine groups is 1. The van der Waals surface area contributed by atoms with Gasteiger partial charge in [0.1, 0.15) is 5.82 Å². The molecule has 9 heteroatoms. The van der Waals surface area contributed by atoms with Crippen LogP contribution in [0.5, 0.6) is 0 Å². The number of sulfone groups is 1. The first-order valence-corrected chi connectivity index (χ1v) is 11.7. The summed E-state index contributed by atoms with van der Waals surface area (Å²) in [6, 6.07) is 12.5. The number of thioether (sulfide) groups is 1. The van der Waals surface area contributed by atoms with Gasteiger partial charge < -0.3 is 4.90 Å². The second kappa shape index (κ2) is 7.50. The summed E-state index contributed by atoms with van der Waals surface area (Å²) < 4.78 is 37.2. The molecule has 2 aliphatic heterocycles. The molecule has 0 bridgehead atoms. The van der Waals surface area contributed by atoms with Crippen molar-refractivity contribution < 1.29 is 17.6 Å². The number of carbonyl (C=O) groups excluding carboxylic acids is 1. The Hall–Kier alpha value is -1.90. The maximum Gasteiger partial charge on any atom is 0.252 e. The van der Waals surface area contributed by atoms with Gasteiger partial charge in [0.25, 0.3) is 5.91 Å². The number of anilines is 1. The average molecular weight is 439 g/mol. The lowest BCUT2D eigenvalue weighted by Gasteiger charge is -2.24. The zero-order chi connectivity index (χ0) is 19.9. The number of nitrogens with zero attached hydrogens (tertiary/aromatic N) is 2. The summed E-state index contributed by atoms with van der Waals surface area (Å²) in [6.45, 7) is 0. The maximum atomic E-state index is 13.0. The van der Waals surface area contributed by atoms with E-state index in [0.717, 1.165) is 0 Å². The van der Waals surface area contributed by atoms with E-state index in [1.165, 1.54) is 23.9 Å². The number of hydrogen-bond acceptors (Lipinski definition) is 4. The second-order valence-corrected chi connectivity index (χ2v) is 10.5. The summed E-state index contributed by atoms with van der Waals surface area (Å²) in [5, 5.41) is 0.810. The van der Waals surface area contributed by atoms with E-state index in [4.69, 9.17) is 11.6 Å². The SMILES string of the molecule is O=C(Cc1ccc(F)cc1)N=C1S[C@H]2CS(=O)(=O)C[C@@H]2N1c1cccc(Cl)c1. The predicted octanol–water partition coefficient (Wildman–Crippen LogP) is 3.32. The van der Waals surface area contributed by atoms with Crippen LogP contribution in [-0.2, 0) is 21.1 Å². The van der Waals surface area contributed by atoms with Crippen molar-refractivity contribution in [1.82, 2.24) is 0 Å². The molecule has 0 aromatic heterocycles. The van der Waals surface area contributed by atoms with Crippen LogP contribution in [0, 0.1) is 5.82 Å². The maximum absolute atomic E-state index is 13.0. The highest BCUT2D eigenvalue weighted by Crippen LogP contribution is 2.41. The lowest BCUT2D eigenvalue weighted by Crippen LogP contribution is -2.37. The molecule has 2 aromatic rings. The third-order valence-electron chi connectivity index (χ3n) is 4.64. The molecule has 2 aromatic carbocycles. The third-order valence-corrected chi connectivity index (χ3v) is 8.09. The van der Waals surface area contributed by atoms with E-state index in [2.05, 4.69) is 4.99 Å². The summed E-state index contributed by atoms with van der Waals surface area (Å²) in [7, 11) is -3.13. The molecule has 28 heavy (non-hydrogen) atoms. The highest BCUT2D eigenvalue weighted by atomic mass is 35.5. The largest absolute Gasteiger partial charge is 0.316 e. The number of hydrogen-bond donors (Lipinski definition) is 0. The Kier molecular flexibility index (Phi) is 5.20. The van der Waals surface area contributed by atoms with E-state index in [9.17, 15) is 17.6 Å². The molecule has 0 unspecified atom stereocenters. The molecule has 2 fully saturated rings. The monoisotopic (exact) mass is 438 g/mol. The Morgan fingerprint density at radius 2 is 1.96 bits per heavy atom. The Bertz CT molecular complexity index is 1060. The zero-order valence-corrected chi connectivity index (χ0v) is 17.0. The van der Waals surface area contributed by atoms with Gasteiger partial charge in [-0.2, -0.15) is 4.99 Å². The summed E-state index contributed by atoms with van der Waals surface area (Å²) in [5.74, 6) is -0.661. The van der Waals surface area contributed by atoms with E-state index in [-0.39, 0.29) is 40.9 Å². The standard InChI is InChI=1S/C19H16ClFN2O3S2/c20-13-2-1-3-15(9-13)23-16-10-28(25,26)11-17(16)27-19(23)22-18(24)8-12-4-6-14(21)7-5-12/h1-7,9,16-17H,8,10-11H2/t16-,17-/m0/s1. The number of aliphatic imine (C=N–C) groups is 1. The summed E-state index contributed by atoms with van der Waals surface area (Å²) in [5.41, 5.74) is 1.37. The van der Waals surface area contributed by atoms with Crippen LogP contribution in [0.3, 0.4) is 0 Å². The first kappa shape index (κ1) is 19.4. The lowest BCUT2D eigenvalue weighted by atomic mass is 10.1. The van der Waals surface area contributed by atoms with Gasteiger partial charge in [-0.3, -0.25) is 4.79 Å². The van der Waals surface area contributed by atoms with Crippen molar-refractivity contribution in [3.8, 4) is 0 Å². The van der Waals surface area contributed by atoms with Crippen molar-refractivity contribution in [2.45, 2.75) is 17.7 Å². The minimum Gasteiger partial charge on any atom is -0.316 e. The number of halogens is 2. The van der Waals surface area contributed by atoms with Gasteiger partial charge in [0.15, 0.2) is 15.0 Å². The van der Waals surface area contributed by atoms with Crippen LogP contribution < -0.4 is 4.90 Å². The zero-order valence-electron chi connectivity index (χ0n) is 14.6.